The molecule has 21 heavy (non-hydrogen) atoms. The molecule has 0 spiro atoms. The molecule has 1 aromatic heterocycles. The molecule has 0 aliphatic heterocycles. The molecule has 0 unspecified atom stereocenters. The van der Waals surface area contributed by atoms with E-state index in [0.717, 1.165) is 28.7 Å². The zero-order valence-electron chi connectivity index (χ0n) is 12.8. The van der Waals surface area contributed by atoms with Gasteiger partial charge in [-0.3, -0.25) is 0 Å². The maximum absolute atomic E-state index is 5.81. The summed E-state index contributed by atoms with van der Waals surface area (Å²) >= 11 is 1.66. The van der Waals surface area contributed by atoms with E-state index < -0.39 is 0 Å². The number of nitrogens with one attached hydrogen (secondary N) is 1. The smallest absolute Gasteiger partial charge is 0.161 e. The first-order chi connectivity index (χ1) is 10.2. The normalized spacial score (nSPS) is 10.9. The summed E-state index contributed by atoms with van der Waals surface area (Å²) in [7, 11) is 0. The fourth-order valence-corrected chi connectivity index (χ4v) is 2.51. The fourth-order valence-electron chi connectivity index (χ4n) is 1.78. The SMILES string of the molecule is CCOc1ccccc1OCc1csc(CNC(C)C)n1. The van der Waals surface area contributed by atoms with E-state index in [1.165, 1.54) is 0 Å². The van der Waals surface area contributed by atoms with Crippen LogP contribution >= 0.6 is 11.3 Å². The van der Waals surface area contributed by atoms with Gasteiger partial charge in [0.15, 0.2) is 11.5 Å². The maximum atomic E-state index is 5.81. The lowest BCUT2D eigenvalue weighted by molar-refractivity contribution is 0.267. The first-order valence-electron chi connectivity index (χ1n) is 7.20. The molecule has 114 valence electrons. The van der Waals surface area contributed by atoms with Gasteiger partial charge in [0.1, 0.15) is 11.6 Å². The van der Waals surface area contributed by atoms with Crippen molar-refractivity contribution in [3.05, 3.63) is 40.3 Å². The molecule has 0 amide bonds. The van der Waals surface area contributed by atoms with Crippen LogP contribution in [-0.4, -0.2) is 17.6 Å². The summed E-state index contributed by atoms with van der Waals surface area (Å²) in [6, 6.07) is 8.18. The summed E-state index contributed by atoms with van der Waals surface area (Å²) in [6.07, 6.45) is 0. The highest BCUT2D eigenvalue weighted by Gasteiger charge is 2.07. The van der Waals surface area contributed by atoms with E-state index in [0.29, 0.717) is 19.3 Å². The van der Waals surface area contributed by atoms with Crippen molar-refractivity contribution in [1.29, 1.82) is 0 Å². The van der Waals surface area contributed by atoms with E-state index in [9.17, 15) is 0 Å². The zero-order valence-corrected chi connectivity index (χ0v) is 13.6. The van der Waals surface area contributed by atoms with E-state index in [1.54, 1.807) is 11.3 Å². The molecule has 0 saturated carbocycles. The number of benzene rings is 1. The molecular formula is C16H22N2O2S. The van der Waals surface area contributed by atoms with Crippen molar-refractivity contribution in [3.63, 3.8) is 0 Å². The Balaban J connectivity index is 1.91. The summed E-state index contributed by atoms with van der Waals surface area (Å²) in [5.41, 5.74) is 0.951. The van der Waals surface area contributed by atoms with E-state index in [-0.39, 0.29) is 0 Å². The molecule has 1 aromatic carbocycles. The Labute approximate surface area is 130 Å². The Bertz CT molecular complexity index is 555. The molecule has 0 fully saturated rings. The third kappa shape index (κ3) is 5.02. The van der Waals surface area contributed by atoms with Gasteiger partial charge in [-0.25, -0.2) is 4.98 Å². The molecule has 0 bridgehead atoms. The molecule has 2 rings (SSSR count). The predicted octanol–water partition coefficient (Wildman–Crippen LogP) is 3.62. The second kappa shape index (κ2) is 8.00. The van der Waals surface area contributed by atoms with Crippen LogP contribution in [0.5, 0.6) is 11.5 Å². The Morgan fingerprint density at radius 1 is 1.19 bits per heavy atom. The second-order valence-electron chi connectivity index (χ2n) is 4.94. The molecule has 0 aliphatic carbocycles. The third-order valence-corrected chi connectivity index (χ3v) is 3.68. The zero-order chi connectivity index (χ0) is 15.1. The lowest BCUT2D eigenvalue weighted by atomic mass is 10.3. The molecule has 0 radical (unpaired) electrons. The molecule has 0 aliphatic rings. The average molecular weight is 306 g/mol. The highest BCUT2D eigenvalue weighted by molar-refractivity contribution is 7.09. The topological polar surface area (TPSA) is 43.4 Å². The maximum Gasteiger partial charge on any atom is 0.161 e. The van der Waals surface area contributed by atoms with Crippen LogP contribution in [0.15, 0.2) is 29.6 Å². The first-order valence-corrected chi connectivity index (χ1v) is 8.08. The highest BCUT2D eigenvalue weighted by atomic mass is 32.1. The monoisotopic (exact) mass is 306 g/mol. The second-order valence-corrected chi connectivity index (χ2v) is 5.88. The van der Waals surface area contributed by atoms with Crippen molar-refractivity contribution in [2.45, 2.75) is 40.0 Å². The fraction of sp³-hybridized carbons (Fsp3) is 0.438. The number of hydrogen-bond donors (Lipinski definition) is 1. The van der Waals surface area contributed by atoms with Crippen molar-refractivity contribution < 1.29 is 9.47 Å². The van der Waals surface area contributed by atoms with Gasteiger partial charge in [-0.2, -0.15) is 0 Å². The van der Waals surface area contributed by atoms with Crippen LogP contribution in [0, 0.1) is 0 Å². The van der Waals surface area contributed by atoms with Gasteiger partial charge in [-0.15, -0.1) is 11.3 Å². The van der Waals surface area contributed by atoms with Crippen LogP contribution in [0.4, 0.5) is 0 Å². The quantitative estimate of drug-likeness (QED) is 0.809. The number of hydrogen-bond acceptors (Lipinski definition) is 5. The van der Waals surface area contributed by atoms with Gasteiger partial charge in [0.2, 0.25) is 0 Å². The first kappa shape index (κ1) is 15.8. The molecular weight excluding hydrogens is 284 g/mol. The highest BCUT2D eigenvalue weighted by Crippen LogP contribution is 2.27. The average Bonchev–Trinajstić information content (AvgIpc) is 2.92. The van der Waals surface area contributed by atoms with Gasteiger partial charge >= 0.3 is 0 Å². The van der Waals surface area contributed by atoms with Gasteiger partial charge in [0.25, 0.3) is 0 Å². The number of para-hydroxylation sites is 2. The van der Waals surface area contributed by atoms with Gasteiger partial charge in [0.05, 0.1) is 12.3 Å². The van der Waals surface area contributed by atoms with Gasteiger partial charge in [-0.05, 0) is 19.1 Å². The van der Waals surface area contributed by atoms with Crippen LogP contribution in [0.1, 0.15) is 31.5 Å². The van der Waals surface area contributed by atoms with Crippen LogP contribution in [0.3, 0.4) is 0 Å². The minimum Gasteiger partial charge on any atom is -0.490 e. The van der Waals surface area contributed by atoms with Crippen molar-refractivity contribution >= 4 is 11.3 Å². The molecule has 2 aromatic rings. The molecule has 4 nitrogen and oxygen atoms in total. The number of aromatic nitrogens is 1. The van der Waals surface area contributed by atoms with Crippen LogP contribution < -0.4 is 14.8 Å². The third-order valence-electron chi connectivity index (χ3n) is 2.79. The lowest BCUT2D eigenvalue weighted by Gasteiger charge is -2.10. The number of ether oxygens (including phenoxy) is 2. The largest absolute Gasteiger partial charge is 0.490 e. The minimum absolute atomic E-state index is 0.461. The minimum atomic E-state index is 0.461. The Hall–Kier alpha value is -1.59. The van der Waals surface area contributed by atoms with Crippen LogP contribution in [0.25, 0.3) is 0 Å². The Morgan fingerprint density at radius 2 is 1.90 bits per heavy atom. The predicted molar refractivity (Wildman–Crippen MR) is 86.0 cm³/mol. The number of thiazole rings is 1. The number of rotatable bonds is 8. The number of nitrogens with zero attached hydrogens (tertiary/aromatic N) is 1. The van der Waals surface area contributed by atoms with Crippen molar-refractivity contribution in [2.24, 2.45) is 0 Å². The Kier molecular flexibility index (Phi) is 6.02. The van der Waals surface area contributed by atoms with Gasteiger partial charge < -0.3 is 14.8 Å². The summed E-state index contributed by atoms with van der Waals surface area (Å²) in [4.78, 5) is 4.56. The van der Waals surface area contributed by atoms with E-state index in [4.69, 9.17) is 9.47 Å². The summed E-state index contributed by atoms with van der Waals surface area (Å²) in [6.45, 7) is 8.11. The van der Waals surface area contributed by atoms with Crippen molar-refractivity contribution in [1.82, 2.24) is 10.3 Å². The summed E-state index contributed by atoms with van der Waals surface area (Å²) in [5, 5.41) is 6.49. The molecule has 0 saturated heterocycles. The molecule has 0 atom stereocenters. The molecule has 1 heterocycles. The van der Waals surface area contributed by atoms with E-state index >= 15 is 0 Å². The van der Waals surface area contributed by atoms with Crippen LogP contribution in [-0.2, 0) is 13.2 Å². The standard InChI is InChI=1S/C16H22N2O2S/c1-4-19-14-7-5-6-8-15(14)20-10-13-11-21-16(18-13)9-17-12(2)3/h5-8,11-12,17H,4,9-10H2,1-3H3. The van der Waals surface area contributed by atoms with E-state index in [1.807, 2.05) is 36.6 Å². The van der Waals surface area contributed by atoms with Gasteiger partial charge in [0, 0.05) is 18.0 Å². The van der Waals surface area contributed by atoms with Crippen molar-refractivity contribution in [2.75, 3.05) is 6.61 Å². The lowest BCUT2D eigenvalue weighted by Crippen LogP contribution is -2.21. The van der Waals surface area contributed by atoms with E-state index in [2.05, 4.69) is 24.1 Å². The molecule has 1 N–H and O–H groups in total. The van der Waals surface area contributed by atoms with Crippen molar-refractivity contribution in [3.8, 4) is 11.5 Å². The Morgan fingerprint density at radius 3 is 2.57 bits per heavy atom. The molecule has 5 heteroatoms. The van der Waals surface area contributed by atoms with Crippen LogP contribution in [0.2, 0.25) is 0 Å². The summed E-state index contributed by atoms with van der Waals surface area (Å²) in [5.74, 6) is 1.53. The van der Waals surface area contributed by atoms with Gasteiger partial charge in [-0.1, -0.05) is 26.0 Å². The summed E-state index contributed by atoms with van der Waals surface area (Å²) < 4.78 is 11.4.